The Morgan fingerprint density at radius 3 is 3.17 bits per heavy atom. The number of aryl methyl sites for hydroxylation is 1. The third-order valence-electron chi connectivity index (χ3n) is 1.74. The van der Waals surface area contributed by atoms with Crippen molar-refractivity contribution in [1.29, 1.82) is 0 Å². The lowest BCUT2D eigenvalue weighted by Crippen LogP contribution is -1.99. The average Bonchev–Trinajstić information content (AvgIpc) is 2.49. The third-order valence-corrected chi connectivity index (χ3v) is 1.74. The van der Waals surface area contributed by atoms with Gasteiger partial charge in [0, 0.05) is 18.5 Å². The van der Waals surface area contributed by atoms with E-state index in [2.05, 4.69) is 10.1 Å². The van der Waals surface area contributed by atoms with Crippen molar-refractivity contribution in [1.82, 2.24) is 14.6 Å². The molecule has 0 aliphatic rings. The van der Waals surface area contributed by atoms with Crippen molar-refractivity contribution in [3.8, 4) is 0 Å². The van der Waals surface area contributed by atoms with Crippen LogP contribution in [0.4, 0.5) is 4.39 Å². The lowest BCUT2D eigenvalue weighted by Gasteiger charge is -1.98. The SMILES string of the molecule is CCc1nn2ccnc2cc1F. The van der Waals surface area contributed by atoms with Gasteiger partial charge >= 0.3 is 0 Å². The predicted molar refractivity (Wildman–Crippen MR) is 42.3 cm³/mol. The summed E-state index contributed by atoms with van der Waals surface area (Å²) in [6.45, 7) is 1.87. The molecule has 0 aliphatic heterocycles. The van der Waals surface area contributed by atoms with Crippen molar-refractivity contribution >= 4 is 5.65 Å². The van der Waals surface area contributed by atoms with E-state index in [-0.39, 0.29) is 5.82 Å². The minimum atomic E-state index is -0.281. The molecule has 0 bridgehead atoms. The Labute approximate surface area is 68.9 Å². The summed E-state index contributed by atoms with van der Waals surface area (Å²) >= 11 is 0. The first kappa shape index (κ1) is 7.21. The van der Waals surface area contributed by atoms with Gasteiger partial charge in [0.25, 0.3) is 0 Å². The molecule has 0 radical (unpaired) electrons. The van der Waals surface area contributed by atoms with Gasteiger partial charge in [-0.3, -0.25) is 0 Å². The lowest BCUT2D eigenvalue weighted by atomic mass is 10.3. The van der Waals surface area contributed by atoms with Crippen molar-refractivity contribution in [3.05, 3.63) is 30.0 Å². The number of halogens is 1. The molecule has 0 N–H and O–H groups in total. The molecule has 2 heterocycles. The molecule has 2 aromatic heterocycles. The molecule has 0 atom stereocenters. The quantitative estimate of drug-likeness (QED) is 0.639. The molecule has 62 valence electrons. The van der Waals surface area contributed by atoms with Crippen molar-refractivity contribution in [3.63, 3.8) is 0 Å². The van der Waals surface area contributed by atoms with E-state index in [9.17, 15) is 4.39 Å². The van der Waals surface area contributed by atoms with E-state index >= 15 is 0 Å². The van der Waals surface area contributed by atoms with Gasteiger partial charge in [0.15, 0.2) is 5.65 Å². The minimum absolute atomic E-state index is 0.281. The smallest absolute Gasteiger partial charge is 0.156 e. The monoisotopic (exact) mass is 165 g/mol. The van der Waals surface area contributed by atoms with Gasteiger partial charge < -0.3 is 0 Å². The lowest BCUT2D eigenvalue weighted by molar-refractivity contribution is 0.591. The summed E-state index contributed by atoms with van der Waals surface area (Å²) in [6.07, 6.45) is 3.90. The Balaban J connectivity index is 2.73. The molecule has 2 rings (SSSR count). The summed E-state index contributed by atoms with van der Waals surface area (Å²) in [6, 6.07) is 1.39. The Hall–Kier alpha value is -1.45. The highest BCUT2D eigenvalue weighted by atomic mass is 19.1. The normalized spacial score (nSPS) is 10.8. The van der Waals surface area contributed by atoms with Crippen LogP contribution in [0.25, 0.3) is 5.65 Å². The first-order valence-corrected chi connectivity index (χ1v) is 3.80. The Kier molecular flexibility index (Phi) is 1.53. The van der Waals surface area contributed by atoms with Gasteiger partial charge in [-0.25, -0.2) is 13.9 Å². The summed E-state index contributed by atoms with van der Waals surface area (Å²) in [7, 11) is 0. The molecule has 0 spiro atoms. The van der Waals surface area contributed by atoms with Crippen molar-refractivity contribution < 1.29 is 4.39 Å². The minimum Gasteiger partial charge on any atom is -0.235 e. The van der Waals surface area contributed by atoms with Gasteiger partial charge in [0.1, 0.15) is 5.82 Å². The molecule has 0 amide bonds. The van der Waals surface area contributed by atoms with Crippen LogP contribution in [0.1, 0.15) is 12.6 Å². The first-order valence-electron chi connectivity index (χ1n) is 3.80. The highest BCUT2D eigenvalue weighted by Gasteiger charge is 2.04. The zero-order valence-electron chi connectivity index (χ0n) is 6.66. The molecule has 4 heteroatoms. The number of hydrogen-bond donors (Lipinski definition) is 0. The van der Waals surface area contributed by atoms with Gasteiger partial charge in [0.05, 0.1) is 5.69 Å². The highest BCUT2D eigenvalue weighted by Crippen LogP contribution is 2.07. The van der Waals surface area contributed by atoms with E-state index in [1.807, 2.05) is 6.92 Å². The fourth-order valence-corrected chi connectivity index (χ4v) is 1.11. The van der Waals surface area contributed by atoms with Crippen LogP contribution in [-0.2, 0) is 6.42 Å². The molecule has 12 heavy (non-hydrogen) atoms. The van der Waals surface area contributed by atoms with Gasteiger partial charge in [-0.2, -0.15) is 5.10 Å². The summed E-state index contributed by atoms with van der Waals surface area (Å²) in [5.74, 6) is -0.281. The Bertz CT molecular complexity index is 408. The topological polar surface area (TPSA) is 30.2 Å². The molecule has 0 aliphatic carbocycles. The number of imidazole rings is 1. The second kappa shape index (κ2) is 2.55. The summed E-state index contributed by atoms with van der Waals surface area (Å²) in [4.78, 5) is 3.92. The van der Waals surface area contributed by atoms with Gasteiger partial charge in [-0.15, -0.1) is 0 Å². The largest absolute Gasteiger partial charge is 0.235 e. The van der Waals surface area contributed by atoms with E-state index in [4.69, 9.17) is 0 Å². The van der Waals surface area contributed by atoms with Gasteiger partial charge in [0.2, 0.25) is 0 Å². The number of rotatable bonds is 1. The summed E-state index contributed by atoms with van der Waals surface area (Å²) in [5, 5.41) is 4.03. The molecule has 2 aromatic rings. The molecular formula is C8H8FN3. The van der Waals surface area contributed by atoms with E-state index in [0.717, 1.165) is 0 Å². The average molecular weight is 165 g/mol. The van der Waals surface area contributed by atoms with E-state index < -0.39 is 0 Å². The van der Waals surface area contributed by atoms with Crippen LogP contribution in [0.15, 0.2) is 18.5 Å². The summed E-state index contributed by atoms with van der Waals surface area (Å²) < 4.78 is 14.7. The van der Waals surface area contributed by atoms with Crippen LogP contribution in [0.5, 0.6) is 0 Å². The van der Waals surface area contributed by atoms with Crippen molar-refractivity contribution in [2.45, 2.75) is 13.3 Å². The number of hydrogen-bond acceptors (Lipinski definition) is 2. The maximum absolute atomic E-state index is 13.1. The predicted octanol–water partition coefficient (Wildman–Crippen LogP) is 1.43. The van der Waals surface area contributed by atoms with Crippen LogP contribution in [0.2, 0.25) is 0 Å². The van der Waals surface area contributed by atoms with Crippen molar-refractivity contribution in [2.24, 2.45) is 0 Å². The third kappa shape index (κ3) is 0.958. The molecular weight excluding hydrogens is 157 g/mol. The standard InChI is InChI=1S/C8H8FN3/c1-2-7-6(9)5-8-10-3-4-12(8)11-7/h3-5H,2H2,1H3. The fourth-order valence-electron chi connectivity index (χ4n) is 1.11. The van der Waals surface area contributed by atoms with Crippen LogP contribution in [0, 0.1) is 5.82 Å². The Morgan fingerprint density at radius 2 is 2.42 bits per heavy atom. The zero-order valence-corrected chi connectivity index (χ0v) is 6.66. The zero-order chi connectivity index (χ0) is 8.55. The fraction of sp³-hybridized carbons (Fsp3) is 0.250. The van der Waals surface area contributed by atoms with E-state index in [1.54, 1.807) is 16.9 Å². The van der Waals surface area contributed by atoms with Crippen LogP contribution in [0.3, 0.4) is 0 Å². The number of nitrogens with zero attached hydrogens (tertiary/aromatic N) is 3. The number of aromatic nitrogens is 3. The molecule has 0 fully saturated rings. The molecule has 0 unspecified atom stereocenters. The maximum atomic E-state index is 13.1. The van der Waals surface area contributed by atoms with Crippen molar-refractivity contribution in [2.75, 3.05) is 0 Å². The molecule has 0 aromatic carbocycles. The second-order valence-corrected chi connectivity index (χ2v) is 2.52. The highest BCUT2D eigenvalue weighted by molar-refractivity contribution is 5.37. The number of fused-ring (bicyclic) bond motifs is 1. The maximum Gasteiger partial charge on any atom is 0.156 e. The van der Waals surface area contributed by atoms with Crippen LogP contribution >= 0.6 is 0 Å². The Morgan fingerprint density at radius 1 is 1.58 bits per heavy atom. The van der Waals surface area contributed by atoms with Crippen LogP contribution in [-0.4, -0.2) is 14.6 Å². The molecule has 0 saturated carbocycles. The van der Waals surface area contributed by atoms with Gasteiger partial charge in [-0.1, -0.05) is 6.92 Å². The van der Waals surface area contributed by atoms with E-state index in [0.29, 0.717) is 17.8 Å². The van der Waals surface area contributed by atoms with Gasteiger partial charge in [-0.05, 0) is 6.42 Å². The second-order valence-electron chi connectivity index (χ2n) is 2.52. The molecule has 3 nitrogen and oxygen atoms in total. The van der Waals surface area contributed by atoms with E-state index in [1.165, 1.54) is 6.07 Å². The van der Waals surface area contributed by atoms with Crippen LogP contribution < -0.4 is 0 Å². The first-order chi connectivity index (χ1) is 5.81. The summed E-state index contributed by atoms with van der Waals surface area (Å²) in [5.41, 5.74) is 1.02. The molecule has 0 saturated heterocycles.